The topological polar surface area (TPSA) is 38.7 Å². The number of hydrogen-bond donors (Lipinski definition) is 1. The van der Waals surface area contributed by atoms with E-state index in [0.29, 0.717) is 16.9 Å². The number of alkyl halides is 3. The molecule has 3 nitrogen and oxygen atoms in total. The van der Waals surface area contributed by atoms with E-state index in [1.165, 1.54) is 30.3 Å². The fraction of sp³-hybridized carbons (Fsp3) is 0.182. The van der Waals surface area contributed by atoms with E-state index >= 15 is 0 Å². The highest BCUT2D eigenvalue weighted by Gasteiger charge is 2.30. The first-order chi connectivity index (χ1) is 13.2. The Hall–Kier alpha value is -3.15. The molecule has 0 aliphatic rings. The van der Waals surface area contributed by atoms with Crippen molar-refractivity contribution < 1.29 is 27.8 Å². The molecular weight excluding hydrogens is 369 g/mol. The zero-order chi connectivity index (χ0) is 20.3. The second-order valence-corrected chi connectivity index (χ2v) is 6.55. The summed E-state index contributed by atoms with van der Waals surface area (Å²) in [5.74, 6) is 0.819. The van der Waals surface area contributed by atoms with Gasteiger partial charge in [-0.25, -0.2) is 0 Å². The molecule has 0 unspecified atom stereocenters. The quantitative estimate of drug-likeness (QED) is 0.518. The minimum absolute atomic E-state index is 0.0284. The molecule has 0 atom stereocenters. The molecule has 146 valence electrons. The summed E-state index contributed by atoms with van der Waals surface area (Å²) in [6.07, 6.45) is -4.73. The van der Waals surface area contributed by atoms with Crippen LogP contribution in [0.3, 0.4) is 0 Å². The number of aromatic hydroxyl groups is 1. The Labute approximate surface area is 161 Å². The van der Waals surface area contributed by atoms with E-state index < -0.39 is 6.36 Å². The van der Waals surface area contributed by atoms with Crippen LogP contribution in [0.25, 0.3) is 11.1 Å². The fourth-order valence-corrected chi connectivity index (χ4v) is 2.79. The van der Waals surface area contributed by atoms with Crippen molar-refractivity contribution in [2.75, 3.05) is 0 Å². The Morgan fingerprint density at radius 1 is 0.821 bits per heavy atom. The van der Waals surface area contributed by atoms with Crippen molar-refractivity contribution in [3.8, 4) is 34.1 Å². The maximum Gasteiger partial charge on any atom is 0.573 e. The summed E-state index contributed by atoms with van der Waals surface area (Å²) in [4.78, 5) is 0. The van der Waals surface area contributed by atoms with Crippen molar-refractivity contribution in [1.29, 1.82) is 0 Å². The van der Waals surface area contributed by atoms with Gasteiger partial charge in [0.2, 0.25) is 0 Å². The van der Waals surface area contributed by atoms with Gasteiger partial charge in [0.1, 0.15) is 11.5 Å². The number of rotatable bonds is 5. The number of hydrogen-bond acceptors (Lipinski definition) is 3. The highest BCUT2D eigenvalue weighted by atomic mass is 19.4. The molecule has 3 aromatic carbocycles. The standard InChI is InChI=1S/C22H19F3O3/c1-14(2)18-5-3-4-6-20(18)27-21-13-16(9-12-19(21)26)15-7-10-17(11-8-15)28-22(23,24)25/h3-14,26H,1-2H3. The molecule has 0 spiro atoms. The zero-order valence-corrected chi connectivity index (χ0v) is 15.3. The monoisotopic (exact) mass is 388 g/mol. The number of phenols is 1. The summed E-state index contributed by atoms with van der Waals surface area (Å²) in [7, 11) is 0. The van der Waals surface area contributed by atoms with Crippen LogP contribution in [0.1, 0.15) is 25.3 Å². The summed E-state index contributed by atoms with van der Waals surface area (Å²) in [5, 5.41) is 10.2. The number of para-hydroxylation sites is 1. The Morgan fingerprint density at radius 3 is 2.11 bits per heavy atom. The Kier molecular flexibility index (Phi) is 5.49. The van der Waals surface area contributed by atoms with Gasteiger partial charge < -0.3 is 14.6 Å². The third-order valence-electron chi connectivity index (χ3n) is 4.14. The van der Waals surface area contributed by atoms with Gasteiger partial charge in [0, 0.05) is 0 Å². The van der Waals surface area contributed by atoms with E-state index in [4.69, 9.17) is 4.74 Å². The highest BCUT2D eigenvalue weighted by Crippen LogP contribution is 2.38. The van der Waals surface area contributed by atoms with Gasteiger partial charge in [-0.05, 0) is 52.9 Å². The SMILES string of the molecule is CC(C)c1ccccc1Oc1cc(-c2ccc(OC(F)(F)F)cc2)ccc1O. The van der Waals surface area contributed by atoms with Gasteiger partial charge in [0.25, 0.3) is 0 Å². The molecule has 0 saturated carbocycles. The predicted octanol–water partition coefficient (Wildman–Crippen LogP) is 6.87. The molecule has 28 heavy (non-hydrogen) atoms. The van der Waals surface area contributed by atoms with Gasteiger partial charge in [-0.3, -0.25) is 0 Å². The van der Waals surface area contributed by atoms with Crippen molar-refractivity contribution in [1.82, 2.24) is 0 Å². The summed E-state index contributed by atoms with van der Waals surface area (Å²) in [6.45, 7) is 4.09. The van der Waals surface area contributed by atoms with E-state index in [9.17, 15) is 18.3 Å². The molecule has 1 N–H and O–H groups in total. The zero-order valence-electron chi connectivity index (χ0n) is 15.3. The molecule has 3 rings (SSSR count). The fourth-order valence-electron chi connectivity index (χ4n) is 2.79. The molecule has 0 amide bonds. The van der Waals surface area contributed by atoms with Gasteiger partial charge in [-0.1, -0.05) is 50.2 Å². The van der Waals surface area contributed by atoms with Gasteiger partial charge in [-0.15, -0.1) is 13.2 Å². The van der Waals surface area contributed by atoms with Crippen molar-refractivity contribution in [3.63, 3.8) is 0 Å². The Balaban J connectivity index is 1.88. The first kappa shape index (κ1) is 19.6. The van der Waals surface area contributed by atoms with Crippen molar-refractivity contribution in [2.24, 2.45) is 0 Å². The van der Waals surface area contributed by atoms with Crippen LogP contribution in [0.5, 0.6) is 23.0 Å². The largest absolute Gasteiger partial charge is 0.573 e. The van der Waals surface area contributed by atoms with Crippen LogP contribution in [-0.4, -0.2) is 11.5 Å². The molecule has 0 bridgehead atoms. The minimum atomic E-state index is -4.73. The van der Waals surface area contributed by atoms with Crippen molar-refractivity contribution in [3.05, 3.63) is 72.3 Å². The first-order valence-corrected chi connectivity index (χ1v) is 8.69. The van der Waals surface area contributed by atoms with Crippen LogP contribution >= 0.6 is 0 Å². The Bertz CT molecular complexity index is 948. The predicted molar refractivity (Wildman–Crippen MR) is 101 cm³/mol. The lowest BCUT2D eigenvalue weighted by Gasteiger charge is -2.15. The van der Waals surface area contributed by atoms with Gasteiger partial charge in [0.15, 0.2) is 11.5 Å². The van der Waals surface area contributed by atoms with Crippen LogP contribution in [0.2, 0.25) is 0 Å². The second kappa shape index (κ2) is 7.84. The maximum atomic E-state index is 12.3. The summed E-state index contributed by atoms with van der Waals surface area (Å²) < 4.78 is 46.7. The normalized spacial score (nSPS) is 11.5. The molecular formula is C22H19F3O3. The van der Waals surface area contributed by atoms with Gasteiger partial charge >= 0.3 is 6.36 Å². The van der Waals surface area contributed by atoms with E-state index in [0.717, 1.165) is 5.56 Å². The second-order valence-electron chi connectivity index (χ2n) is 6.55. The number of ether oxygens (including phenoxy) is 2. The first-order valence-electron chi connectivity index (χ1n) is 8.69. The van der Waals surface area contributed by atoms with Crippen LogP contribution in [0.15, 0.2) is 66.7 Å². The summed E-state index contributed by atoms with van der Waals surface area (Å²) >= 11 is 0. The molecule has 6 heteroatoms. The van der Waals surface area contributed by atoms with E-state index in [-0.39, 0.29) is 23.2 Å². The molecule has 0 radical (unpaired) electrons. The molecule has 0 saturated heterocycles. The van der Waals surface area contributed by atoms with E-state index in [1.807, 2.05) is 38.1 Å². The van der Waals surface area contributed by atoms with Crippen LogP contribution in [0, 0.1) is 0 Å². The Morgan fingerprint density at radius 2 is 1.46 bits per heavy atom. The third kappa shape index (κ3) is 4.76. The lowest BCUT2D eigenvalue weighted by atomic mass is 10.0. The lowest BCUT2D eigenvalue weighted by Crippen LogP contribution is -2.16. The number of phenolic OH excluding ortho intramolecular Hbond substituents is 1. The third-order valence-corrected chi connectivity index (χ3v) is 4.14. The van der Waals surface area contributed by atoms with Crippen LogP contribution in [0.4, 0.5) is 13.2 Å². The molecule has 0 aromatic heterocycles. The average molecular weight is 388 g/mol. The molecule has 0 aliphatic heterocycles. The summed E-state index contributed by atoms with van der Waals surface area (Å²) in [6, 6.07) is 17.9. The van der Waals surface area contributed by atoms with Crippen LogP contribution in [-0.2, 0) is 0 Å². The lowest BCUT2D eigenvalue weighted by molar-refractivity contribution is -0.274. The number of halogens is 3. The average Bonchev–Trinajstić information content (AvgIpc) is 2.63. The maximum absolute atomic E-state index is 12.3. The molecule has 3 aromatic rings. The molecule has 0 fully saturated rings. The van der Waals surface area contributed by atoms with E-state index in [2.05, 4.69) is 4.74 Å². The van der Waals surface area contributed by atoms with Crippen LogP contribution < -0.4 is 9.47 Å². The minimum Gasteiger partial charge on any atom is -0.504 e. The smallest absolute Gasteiger partial charge is 0.504 e. The highest BCUT2D eigenvalue weighted by molar-refractivity contribution is 5.68. The van der Waals surface area contributed by atoms with Gasteiger partial charge in [0.05, 0.1) is 0 Å². The van der Waals surface area contributed by atoms with Crippen molar-refractivity contribution in [2.45, 2.75) is 26.1 Å². The van der Waals surface area contributed by atoms with Crippen molar-refractivity contribution >= 4 is 0 Å². The molecule has 0 heterocycles. The summed E-state index contributed by atoms with van der Waals surface area (Å²) in [5.41, 5.74) is 2.35. The van der Waals surface area contributed by atoms with Gasteiger partial charge in [-0.2, -0.15) is 0 Å². The van der Waals surface area contributed by atoms with E-state index in [1.54, 1.807) is 12.1 Å². The molecule has 0 aliphatic carbocycles. The number of benzene rings is 3.